The maximum atomic E-state index is 12.9. The summed E-state index contributed by atoms with van der Waals surface area (Å²) in [5, 5.41) is 8.62. The number of hydrogen-bond acceptors (Lipinski definition) is 5. The lowest BCUT2D eigenvalue weighted by molar-refractivity contribution is 0.102. The van der Waals surface area contributed by atoms with Crippen molar-refractivity contribution < 1.29 is 14.3 Å². The smallest absolute Gasteiger partial charge is 0.259 e. The lowest BCUT2D eigenvalue weighted by atomic mass is 10.2. The van der Waals surface area contributed by atoms with E-state index in [9.17, 15) is 4.79 Å². The first-order valence-corrected chi connectivity index (χ1v) is 9.53. The number of halogens is 1. The molecule has 4 aromatic rings. The molecule has 0 atom stereocenters. The molecule has 0 radical (unpaired) electrons. The molecule has 1 N–H and O–H groups in total. The Morgan fingerprint density at radius 2 is 1.83 bits per heavy atom. The highest BCUT2D eigenvalue weighted by Crippen LogP contribution is 2.36. The SMILES string of the molecule is COc1cc(NC(=O)c2cnn(-c3ccc4ccccc4n3)c2C)c(OC)cc1Cl. The summed E-state index contributed by atoms with van der Waals surface area (Å²) in [4.78, 5) is 17.6. The predicted molar refractivity (Wildman–Crippen MR) is 116 cm³/mol. The van der Waals surface area contributed by atoms with Crippen molar-refractivity contribution in [2.75, 3.05) is 19.5 Å². The van der Waals surface area contributed by atoms with Gasteiger partial charge in [-0.2, -0.15) is 5.10 Å². The topological polar surface area (TPSA) is 78.3 Å². The third-order valence-electron chi connectivity index (χ3n) is 4.78. The number of benzene rings is 2. The van der Waals surface area contributed by atoms with Crippen LogP contribution in [0.25, 0.3) is 16.7 Å². The Labute approximate surface area is 178 Å². The fourth-order valence-corrected chi connectivity index (χ4v) is 3.42. The highest BCUT2D eigenvalue weighted by atomic mass is 35.5. The Morgan fingerprint density at radius 3 is 2.60 bits per heavy atom. The summed E-state index contributed by atoms with van der Waals surface area (Å²) in [5.41, 5.74) is 2.38. The fraction of sp³-hybridized carbons (Fsp3) is 0.136. The second-order valence-electron chi connectivity index (χ2n) is 6.56. The number of amides is 1. The summed E-state index contributed by atoms with van der Waals surface area (Å²) in [6.45, 7) is 1.82. The van der Waals surface area contributed by atoms with E-state index in [2.05, 4.69) is 15.4 Å². The van der Waals surface area contributed by atoms with Gasteiger partial charge in [0, 0.05) is 17.5 Å². The van der Waals surface area contributed by atoms with Gasteiger partial charge in [-0.25, -0.2) is 9.67 Å². The van der Waals surface area contributed by atoms with Crippen LogP contribution in [0.4, 0.5) is 5.69 Å². The predicted octanol–water partition coefficient (Wildman–Crippen LogP) is 4.65. The molecule has 0 fully saturated rings. The fourth-order valence-electron chi connectivity index (χ4n) is 3.18. The summed E-state index contributed by atoms with van der Waals surface area (Å²) in [6, 6.07) is 14.9. The first kappa shape index (κ1) is 19.7. The van der Waals surface area contributed by atoms with Crippen molar-refractivity contribution in [3.63, 3.8) is 0 Å². The molecular weight excluding hydrogens is 404 g/mol. The summed E-state index contributed by atoms with van der Waals surface area (Å²) < 4.78 is 12.2. The molecule has 0 saturated carbocycles. The quantitative estimate of drug-likeness (QED) is 0.506. The molecule has 0 aliphatic heterocycles. The number of aromatic nitrogens is 3. The summed E-state index contributed by atoms with van der Waals surface area (Å²) in [6.07, 6.45) is 1.52. The number of para-hydroxylation sites is 1. The minimum atomic E-state index is -0.331. The molecule has 2 heterocycles. The van der Waals surface area contributed by atoms with Crippen LogP contribution in [-0.4, -0.2) is 34.9 Å². The van der Waals surface area contributed by atoms with E-state index in [1.807, 2.05) is 43.3 Å². The minimum absolute atomic E-state index is 0.331. The van der Waals surface area contributed by atoms with Gasteiger partial charge < -0.3 is 14.8 Å². The van der Waals surface area contributed by atoms with E-state index in [1.54, 1.807) is 16.8 Å². The van der Waals surface area contributed by atoms with Crippen LogP contribution in [0.15, 0.2) is 54.7 Å². The highest BCUT2D eigenvalue weighted by Gasteiger charge is 2.19. The number of carbonyl (C=O) groups excluding carboxylic acids is 1. The van der Waals surface area contributed by atoms with E-state index in [-0.39, 0.29) is 5.91 Å². The van der Waals surface area contributed by atoms with Crippen LogP contribution < -0.4 is 14.8 Å². The summed E-state index contributed by atoms with van der Waals surface area (Å²) in [5.74, 6) is 1.16. The Hall–Kier alpha value is -3.58. The monoisotopic (exact) mass is 422 g/mol. The molecule has 30 heavy (non-hydrogen) atoms. The standard InChI is InChI=1S/C22H19ClN4O3/c1-13-15(22(28)26-18-11-19(29-2)16(23)10-20(18)30-3)12-24-27(13)21-9-8-14-6-4-5-7-17(14)25-21/h4-12H,1-3H3,(H,26,28). The van der Waals surface area contributed by atoms with Crippen LogP contribution in [0.1, 0.15) is 16.1 Å². The number of carbonyl (C=O) groups is 1. The Balaban J connectivity index is 1.66. The van der Waals surface area contributed by atoms with Crippen molar-refractivity contribution in [3.05, 3.63) is 71.0 Å². The number of hydrogen-bond donors (Lipinski definition) is 1. The van der Waals surface area contributed by atoms with E-state index in [1.165, 1.54) is 20.4 Å². The van der Waals surface area contributed by atoms with Crippen LogP contribution >= 0.6 is 11.6 Å². The first-order valence-electron chi connectivity index (χ1n) is 9.15. The van der Waals surface area contributed by atoms with Gasteiger partial charge >= 0.3 is 0 Å². The molecule has 2 aromatic heterocycles. The van der Waals surface area contributed by atoms with E-state index in [0.717, 1.165) is 10.9 Å². The average Bonchev–Trinajstić information content (AvgIpc) is 3.15. The largest absolute Gasteiger partial charge is 0.495 e. The lowest BCUT2D eigenvalue weighted by Gasteiger charge is -2.13. The zero-order valence-electron chi connectivity index (χ0n) is 16.6. The molecule has 8 heteroatoms. The van der Waals surface area contributed by atoms with Gasteiger partial charge in [-0.15, -0.1) is 0 Å². The Kier molecular flexibility index (Phi) is 5.29. The molecule has 0 spiro atoms. The molecule has 0 bridgehead atoms. The molecule has 0 aliphatic rings. The second kappa shape index (κ2) is 8.04. The number of nitrogens with one attached hydrogen (secondary N) is 1. The summed E-state index contributed by atoms with van der Waals surface area (Å²) in [7, 11) is 3.01. The normalized spacial score (nSPS) is 10.8. The third kappa shape index (κ3) is 3.55. The molecule has 0 aliphatic carbocycles. The minimum Gasteiger partial charge on any atom is -0.495 e. The average molecular weight is 423 g/mol. The van der Waals surface area contributed by atoms with Gasteiger partial charge in [-0.3, -0.25) is 4.79 Å². The van der Waals surface area contributed by atoms with Gasteiger partial charge in [0.2, 0.25) is 0 Å². The number of pyridine rings is 1. The van der Waals surface area contributed by atoms with Crippen LogP contribution in [0.5, 0.6) is 11.5 Å². The number of fused-ring (bicyclic) bond motifs is 1. The first-order chi connectivity index (χ1) is 14.5. The van der Waals surface area contributed by atoms with Gasteiger partial charge in [-0.05, 0) is 25.1 Å². The van der Waals surface area contributed by atoms with Crippen molar-refractivity contribution >= 4 is 34.1 Å². The van der Waals surface area contributed by atoms with Gasteiger partial charge in [0.1, 0.15) is 11.5 Å². The van der Waals surface area contributed by atoms with Crippen molar-refractivity contribution in [2.24, 2.45) is 0 Å². The van der Waals surface area contributed by atoms with E-state index in [0.29, 0.717) is 39.3 Å². The zero-order valence-corrected chi connectivity index (χ0v) is 17.4. The van der Waals surface area contributed by atoms with Gasteiger partial charge in [-0.1, -0.05) is 29.8 Å². The number of methoxy groups -OCH3 is 2. The molecular formula is C22H19ClN4O3. The van der Waals surface area contributed by atoms with Crippen LogP contribution in [0.3, 0.4) is 0 Å². The van der Waals surface area contributed by atoms with E-state index in [4.69, 9.17) is 21.1 Å². The maximum Gasteiger partial charge on any atom is 0.259 e. The molecule has 0 saturated heterocycles. The van der Waals surface area contributed by atoms with Crippen LogP contribution in [-0.2, 0) is 0 Å². The van der Waals surface area contributed by atoms with E-state index >= 15 is 0 Å². The molecule has 2 aromatic carbocycles. The van der Waals surface area contributed by atoms with Crippen LogP contribution in [0.2, 0.25) is 5.02 Å². The second-order valence-corrected chi connectivity index (χ2v) is 6.97. The number of anilines is 1. The third-order valence-corrected chi connectivity index (χ3v) is 5.07. The lowest BCUT2D eigenvalue weighted by Crippen LogP contribution is -2.14. The van der Waals surface area contributed by atoms with Gasteiger partial charge in [0.15, 0.2) is 5.82 Å². The van der Waals surface area contributed by atoms with E-state index < -0.39 is 0 Å². The van der Waals surface area contributed by atoms with Gasteiger partial charge in [0.25, 0.3) is 5.91 Å². The Bertz CT molecular complexity index is 1250. The highest BCUT2D eigenvalue weighted by molar-refractivity contribution is 6.32. The van der Waals surface area contributed by atoms with Crippen molar-refractivity contribution in [2.45, 2.75) is 6.92 Å². The van der Waals surface area contributed by atoms with Gasteiger partial charge in [0.05, 0.1) is 47.9 Å². The molecule has 7 nitrogen and oxygen atoms in total. The summed E-state index contributed by atoms with van der Waals surface area (Å²) >= 11 is 6.13. The molecule has 4 rings (SSSR count). The number of rotatable bonds is 5. The maximum absolute atomic E-state index is 12.9. The van der Waals surface area contributed by atoms with Crippen LogP contribution in [0, 0.1) is 6.92 Å². The van der Waals surface area contributed by atoms with Crippen molar-refractivity contribution in [3.8, 4) is 17.3 Å². The Morgan fingerprint density at radius 1 is 1.07 bits per heavy atom. The molecule has 0 unspecified atom stereocenters. The zero-order chi connectivity index (χ0) is 21.3. The molecule has 1 amide bonds. The number of ether oxygens (including phenoxy) is 2. The molecule has 152 valence electrons. The van der Waals surface area contributed by atoms with Crippen molar-refractivity contribution in [1.29, 1.82) is 0 Å². The number of nitrogens with zero attached hydrogens (tertiary/aromatic N) is 3. The van der Waals surface area contributed by atoms with Crippen molar-refractivity contribution in [1.82, 2.24) is 14.8 Å².